The Labute approximate surface area is 118 Å². The van der Waals surface area contributed by atoms with Crippen molar-refractivity contribution in [2.45, 2.75) is 12.5 Å². The highest BCUT2D eigenvalue weighted by molar-refractivity contribution is 9.10. The van der Waals surface area contributed by atoms with Gasteiger partial charge in [0.25, 0.3) is 0 Å². The average Bonchev–Trinajstić information content (AvgIpc) is 2.32. The molecule has 4 heteroatoms. The van der Waals surface area contributed by atoms with Gasteiger partial charge in [-0.05, 0) is 35.4 Å². The van der Waals surface area contributed by atoms with Crippen molar-refractivity contribution in [3.05, 3.63) is 68.9 Å². The number of hydrogen-bond acceptors (Lipinski definition) is 1. The SMILES string of the molecule is OC(Cc1ccc(Br)cc1F)c1cccc(Cl)c1. The Morgan fingerprint density at radius 2 is 2.00 bits per heavy atom. The van der Waals surface area contributed by atoms with E-state index in [1.807, 2.05) is 0 Å². The van der Waals surface area contributed by atoms with Crippen LogP contribution >= 0.6 is 27.5 Å². The second kappa shape index (κ2) is 5.83. The van der Waals surface area contributed by atoms with Crippen LogP contribution in [-0.2, 0) is 6.42 Å². The molecule has 2 rings (SSSR count). The summed E-state index contributed by atoms with van der Waals surface area (Å²) in [5.41, 5.74) is 1.16. The summed E-state index contributed by atoms with van der Waals surface area (Å²) >= 11 is 9.05. The summed E-state index contributed by atoms with van der Waals surface area (Å²) in [5, 5.41) is 10.6. The van der Waals surface area contributed by atoms with Crippen LogP contribution in [0.3, 0.4) is 0 Å². The van der Waals surface area contributed by atoms with Gasteiger partial charge in [0.1, 0.15) is 5.82 Å². The number of aliphatic hydroxyl groups excluding tert-OH is 1. The fraction of sp³-hybridized carbons (Fsp3) is 0.143. The number of benzene rings is 2. The van der Waals surface area contributed by atoms with Crippen molar-refractivity contribution in [3.8, 4) is 0 Å². The molecule has 1 N–H and O–H groups in total. The lowest BCUT2D eigenvalue weighted by Crippen LogP contribution is -2.03. The Bertz CT molecular complexity index is 559. The topological polar surface area (TPSA) is 20.2 Å². The fourth-order valence-electron chi connectivity index (χ4n) is 1.73. The van der Waals surface area contributed by atoms with Crippen molar-refractivity contribution >= 4 is 27.5 Å². The summed E-state index contributed by atoms with van der Waals surface area (Å²) in [5.74, 6) is -0.328. The minimum atomic E-state index is -0.764. The molecule has 0 fully saturated rings. The minimum Gasteiger partial charge on any atom is -0.388 e. The summed E-state index contributed by atoms with van der Waals surface area (Å²) in [7, 11) is 0. The van der Waals surface area contributed by atoms with Crippen molar-refractivity contribution in [1.29, 1.82) is 0 Å². The third kappa shape index (κ3) is 3.31. The largest absolute Gasteiger partial charge is 0.388 e. The molecule has 0 bridgehead atoms. The van der Waals surface area contributed by atoms with Gasteiger partial charge in [-0.15, -0.1) is 0 Å². The van der Waals surface area contributed by atoms with Crippen LogP contribution in [0.25, 0.3) is 0 Å². The van der Waals surface area contributed by atoms with E-state index in [4.69, 9.17) is 11.6 Å². The quantitative estimate of drug-likeness (QED) is 0.878. The maximum Gasteiger partial charge on any atom is 0.127 e. The van der Waals surface area contributed by atoms with Gasteiger partial charge in [-0.3, -0.25) is 0 Å². The molecule has 0 aliphatic heterocycles. The van der Waals surface area contributed by atoms with E-state index < -0.39 is 6.10 Å². The Hall–Kier alpha value is -0.900. The van der Waals surface area contributed by atoms with Gasteiger partial charge < -0.3 is 5.11 Å². The molecule has 1 nitrogen and oxygen atoms in total. The van der Waals surface area contributed by atoms with E-state index in [0.29, 0.717) is 20.6 Å². The predicted octanol–water partition coefficient (Wildman–Crippen LogP) is 4.52. The van der Waals surface area contributed by atoms with Crippen molar-refractivity contribution in [3.63, 3.8) is 0 Å². The smallest absolute Gasteiger partial charge is 0.127 e. The molecule has 94 valence electrons. The van der Waals surface area contributed by atoms with Gasteiger partial charge in [-0.1, -0.05) is 45.7 Å². The van der Waals surface area contributed by atoms with E-state index in [1.54, 1.807) is 36.4 Å². The van der Waals surface area contributed by atoms with E-state index in [1.165, 1.54) is 6.07 Å². The molecular formula is C14H11BrClFO. The summed E-state index contributed by atoms with van der Waals surface area (Å²) < 4.78 is 14.3. The van der Waals surface area contributed by atoms with Gasteiger partial charge >= 0.3 is 0 Å². The van der Waals surface area contributed by atoms with Crippen LogP contribution in [-0.4, -0.2) is 5.11 Å². The van der Waals surface area contributed by atoms with Gasteiger partial charge in [0.05, 0.1) is 6.10 Å². The lowest BCUT2D eigenvalue weighted by atomic mass is 10.0. The van der Waals surface area contributed by atoms with E-state index in [2.05, 4.69) is 15.9 Å². The first-order chi connectivity index (χ1) is 8.56. The molecule has 0 amide bonds. The fourth-order valence-corrected chi connectivity index (χ4v) is 2.26. The summed E-state index contributed by atoms with van der Waals surface area (Å²) in [4.78, 5) is 0. The zero-order valence-corrected chi connectivity index (χ0v) is 11.7. The second-order valence-electron chi connectivity index (χ2n) is 4.01. The Morgan fingerprint density at radius 3 is 2.67 bits per heavy atom. The van der Waals surface area contributed by atoms with E-state index >= 15 is 0 Å². The van der Waals surface area contributed by atoms with Crippen LogP contribution in [0.15, 0.2) is 46.9 Å². The van der Waals surface area contributed by atoms with Crippen LogP contribution in [0.5, 0.6) is 0 Å². The van der Waals surface area contributed by atoms with Gasteiger partial charge in [-0.25, -0.2) is 4.39 Å². The third-order valence-corrected chi connectivity index (χ3v) is 3.39. The predicted molar refractivity (Wildman–Crippen MR) is 74.2 cm³/mol. The summed E-state index contributed by atoms with van der Waals surface area (Å²) in [6.07, 6.45) is -0.543. The van der Waals surface area contributed by atoms with Crippen molar-refractivity contribution in [2.75, 3.05) is 0 Å². The Kier molecular flexibility index (Phi) is 4.38. The molecule has 1 unspecified atom stereocenters. The van der Waals surface area contributed by atoms with Gasteiger partial charge in [0.15, 0.2) is 0 Å². The lowest BCUT2D eigenvalue weighted by molar-refractivity contribution is 0.177. The monoisotopic (exact) mass is 328 g/mol. The first-order valence-electron chi connectivity index (χ1n) is 5.44. The molecule has 0 saturated heterocycles. The van der Waals surface area contributed by atoms with Crippen molar-refractivity contribution in [1.82, 2.24) is 0 Å². The summed E-state index contributed by atoms with van der Waals surface area (Å²) in [6.45, 7) is 0. The molecule has 0 aromatic heterocycles. The van der Waals surface area contributed by atoms with Crippen LogP contribution < -0.4 is 0 Å². The highest BCUT2D eigenvalue weighted by atomic mass is 79.9. The number of aliphatic hydroxyl groups is 1. The third-order valence-electron chi connectivity index (χ3n) is 2.66. The molecule has 2 aromatic rings. The zero-order chi connectivity index (χ0) is 13.1. The van der Waals surface area contributed by atoms with Crippen molar-refractivity contribution < 1.29 is 9.50 Å². The van der Waals surface area contributed by atoms with Crippen LogP contribution in [0, 0.1) is 5.82 Å². The van der Waals surface area contributed by atoms with Crippen LogP contribution in [0.4, 0.5) is 4.39 Å². The molecular weight excluding hydrogens is 319 g/mol. The molecule has 0 aliphatic carbocycles. The number of hydrogen-bond donors (Lipinski definition) is 1. The van der Waals surface area contributed by atoms with Crippen LogP contribution in [0.1, 0.15) is 17.2 Å². The molecule has 0 saturated carbocycles. The molecule has 0 radical (unpaired) electrons. The van der Waals surface area contributed by atoms with E-state index in [0.717, 1.165) is 0 Å². The van der Waals surface area contributed by atoms with Gasteiger partial charge in [0.2, 0.25) is 0 Å². The van der Waals surface area contributed by atoms with Gasteiger partial charge in [0, 0.05) is 15.9 Å². The molecule has 1 atom stereocenters. The Balaban J connectivity index is 2.18. The standard InChI is InChI=1S/C14H11BrClFO/c15-11-5-4-9(13(17)8-11)7-14(18)10-2-1-3-12(16)6-10/h1-6,8,14,18H,7H2. The lowest BCUT2D eigenvalue weighted by Gasteiger charge is -2.12. The Morgan fingerprint density at radius 1 is 1.22 bits per heavy atom. The van der Waals surface area contributed by atoms with E-state index in [-0.39, 0.29) is 12.2 Å². The molecule has 2 aromatic carbocycles. The van der Waals surface area contributed by atoms with Crippen molar-refractivity contribution in [2.24, 2.45) is 0 Å². The van der Waals surface area contributed by atoms with E-state index in [9.17, 15) is 9.50 Å². The minimum absolute atomic E-state index is 0.222. The molecule has 0 spiro atoms. The first-order valence-corrected chi connectivity index (χ1v) is 6.61. The number of halogens is 3. The van der Waals surface area contributed by atoms with Gasteiger partial charge in [-0.2, -0.15) is 0 Å². The first kappa shape index (κ1) is 13.5. The number of rotatable bonds is 3. The maximum atomic E-state index is 13.6. The zero-order valence-electron chi connectivity index (χ0n) is 9.41. The summed E-state index contributed by atoms with van der Waals surface area (Å²) in [6, 6.07) is 11.8. The van der Waals surface area contributed by atoms with Crippen LogP contribution in [0.2, 0.25) is 5.02 Å². The molecule has 18 heavy (non-hydrogen) atoms. The maximum absolute atomic E-state index is 13.6. The highest BCUT2D eigenvalue weighted by Gasteiger charge is 2.12. The second-order valence-corrected chi connectivity index (χ2v) is 5.36. The average molecular weight is 330 g/mol. The normalized spacial score (nSPS) is 12.4. The highest BCUT2D eigenvalue weighted by Crippen LogP contribution is 2.24. The molecule has 0 aliphatic rings. The molecule has 0 heterocycles.